The van der Waals surface area contributed by atoms with Gasteiger partial charge < -0.3 is 28.7 Å². The van der Waals surface area contributed by atoms with E-state index in [2.05, 4.69) is 0 Å². The molecule has 0 atom stereocenters. The fraction of sp³-hybridized carbons (Fsp3) is 0.576. The largest absolute Gasteiger partial charge is 0.495 e. The minimum absolute atomic E-state index is 0. The van der Waals surface area contributed by atoms with Crippen LogP contribution in [0, 0.1) is 0 Å². The first-order valence-corrected chi connectivity index (χ1v) is 15.5. The van der Waals surface area contributed by atoms with Crippen LogP contribution in [0.2, 0.25) is 15.1 Å². The lowest BCUT2D eigenvalue weighted by molar-refractivity contribution is 0.0226. The van der Waals surface area contributed by atoms with Gasteiger partial charge in [-0.25, -0.2) is 9.59 Å². The molecule has 0 aromatic heterocycles. The monoisotopic (exact) mass is 683 g/mol. The normalized spacial score (nSPS) is 14.5. The van der Waals surface area contributed by atoms with Gasteiger partial charge in [0.15, 0.2) is 5.75 Å². The van der Waals surface area contributed by atoms with Crippen LogP contribution in [-0.4, -0.2) is 68.9 Å². The molecule has 2 aromatic rings. The molecule has 0 bridgehead atoms. The summed E-state index contributed by atoms with van der Waals surface area (Å²) in [6.45, 7) is 13.4. The number of nitrogens with zero attached hydrogens (tertiary/aromatic N) is 2. The fourth-order valence-electron chi connectivity index (χ4n) is 4.93. The first kappa shape index (κ1) is 40.5. The van der Waals surface area contributed by atoms with Gasteiger partial charge in [0.1, 0.15) is 17.0 Å². The van der Waals surface area contributed by atoms with Crippen molar-refractivity contribution in [3.63, 3.8) is 0 Å². The molecule has 45 heavy (non-hydrogen) atoms. The highest BCUT2D eigenvalue weighted by molar-refractivity contribution is 6.37. The maximum absolute atomic E-state index is 12.3. The summed E-state index contributed by atoms with van der Waals surface area (Å²) >= 11 is 19.0. The number of carbonyl (C=O) groups excluding carboxylic acids is 2. The van der Waals surface area contributed by atoms with Crippen molar-refractivity contribution in [2.24, 2.45) is 0 Å². The first-order valence-electron chi connectivity index (χ1n) is 14.4. The predicted molar refractivity (Wildman–Crippen MR) is 183 cm³/mol. The number of amides is 2. The maximum atomic E-state index is 12.3. The molecule has 0 saturated heterocycles. The van der Waals surface area contributed by atoms with Gasteiger partial charge >= 0.3 is 12.2 Å². The van der Waals surface area contributed by atoms with Crippen molar-refractivity contribution >= 4 is 55.4 Å². The highest BCUT2D eigenvalue weighted by Crippen LogP contribution is 2.40. The molecular formula is C33H47BCl3N2O6. The second-order valence-electron chi connectivity index (χ2n) is 12.6. The zero-order valence-electron chi connectivity index (χ0n) is 26.9. The minimum Gasteiger partial charge on any atom is -0.495 e. The smallest absolute Gasteiger partial charge is 0.410 e. The molecule has 249 valence electrons. The topological polar surface area (TPSA) is 77.5 Å². The fourth-order valence-corrected chi connectivity index (χ4v) is 6.03. The molecule has 0 spiro atoms. The van der Waals surface area contributed by atoms with Crippen molar-refractivity contribution < 1.29 is 28.5 Å². The first-order chi connectivity index (χ1) is 20.0. The molecular weight excluding hydrogens is 638 g/mol. The third-order valence-electron chi connectivity index (χ3n) is 6.83. The Morgan fingerprint density at radius 2 is 1.20 bits per heavy atom. The molecule has 2 aromatic carbocycles. The lowest BCUT2D eigenvalue weighted by Crippen LogP contribution is -2.36. The summed E-state index contributed by atoms with van der Waals surface area (Å²) in [5.41, 5.74) is 3.07. The van der Waals surface area contributed by atoms with Crippen molar-refractivity contribution in [1.29, 1.82) is 0 Å². The Bertz CT molecular complexity index is 1330. The Labute approximate surface area is 286 Å². The molecule has 2 heterocycles. The van der Waals surface area contributed by atoms with E-state index in [0.29, 0.717) is 52.7 Å². The number of hydrogen-bond donors (Lipinski definition) is 0. The van der Waals surface area contributed by atoms with Crippen LogP contribution in [0.5, 0.6) is 11.5 Å². The summed E-state index contributed by atoms with van der Waals surface area (Å²) in [5, 5.41) is 1.65. The van der Waals surface area contributed by atoms with Gasteiger partial charge in [-0.2, -0.15) is 0 Å². The van der Waals surface area contributed by atoms with Crippen LogP contribution in [0.25, 0.3) is 0 Å². The summed E-state index contributed by atoms with van der Waals surface area (Å²) < 4.78 is 21.4. The van der Waals surface area contributed by atoms with Crippen molar-refractivity contribution in [1.82, 2.24) is 9.80 Å². The third kappa shape index (κ3) is 11.1. The molecule has 0 fully saturated rings. The number of methoxy groups -OCH3 is 2. The van der Waals surface area contributed by atoms with Gasteiger partial charge in [0.2, 0.25) is 0 Å². The van der Waals surface area contributed by atoms with E-state index < -0.39 is 11.2 Å². The quantitative estimate of drug-likeness (QED) is 0.294. The van der Waals surface area contributed by atoms with E-state index in [-0.39, 0.29) is 28.0 Å². The van der Waals surface area contributed by atoms with E-state index in [4.69, 9.17) is 53.8 Å². The summed E-state index contributed by atoms with van der Waals surface area (Å²) in [4.78, 5) is 27.9. The molecule has 0 aliphatic carbocycles. The highest BCUT2D eigenvalue weighted by atomic mass is 35.5. The zero-order chi connectivity index (χ0) is 32.1. The molecule has 4 rings (SSSR count). The van der Waals surface area contributed by atoms with Crippen LogP contribution in [-0.2, 0) is 35.4 Å². The number of fused-ring (bicyclic) bond motifs is 2. The van der Waals surface area contributed by atoms with Gasteiger partial charge in [-0.05, 0) is 102 Å². The Morgan fingerprint density at radius 1 is 0.733 bits per heavy atom. The lowest BCUT2D eigenvalue weighted by Gasteiger charge is -2.26. The van der Waals surface area contributed by atoms with Gasteiger partial charge in [-0.1, -0.05) is 48.3 Å². The average molecular weight is 685 g/mol. The van der Waals surface area contributed by atoms with Crippen LogP contribution >= 0.6 is 34.8 Å². The van der Waals surface area contributed by atoms with Gasteiger partial charge in [0, 0.05) is 34.6 Å². The van der Waals surface area contributed by atoms with Crippen molar-refractivity contribution in [2.75, 3.05) is 27.3 Å². The third-order valence-corrected chi connectivity index (χ3v) is 7.93. The van der Waals surface area contributed by atoms with Gasteiger partial charge in [0.25, 0.3) is 0 Å². The predicted octanol–water partition coefficient (Wildman–Crippen LogP) is 8.97. The molecule has 0 N–H and O–H groups in total. The summed E-state index contributed by atoms with van der Waals surface area (Å²) in [7, 11) is 3.15. The van der Waals surface area contributed by atoms with Gasteiger partial charge in [0.05, 0.1) is 29.3 Å². The minimum atomic E-state index is -0.512. The van der Waals surface area contributed by atoms with Crippen molar-refractivity contribution in [3.05, 3.63) is 55.5 Å². The molecule has 0 unspecified atom stereocenters. The second kappa shape index (κ2) is 16.9. The number of ether oxygens (including phenoxy) is 4. The number of halogens is 3. The average Bonchev–Trinajstić information content (AvgIpc) is 3.25. The standard InChI is InChI=1S/C16H21Cl2NO3.C16H22ClNO3.CH4.B/c1-16(2,3)22-15(20)19-7-5-6-11-10(9-19)8-12(17)14(21-4)13(11)18;1-16(2,3)21-15(19)18-9-5-6-12-11(10-18)7-8-13(20-4)14(12)17;;/h8H,5-7,9H2,1-4H3;7-8H,5-6,9-10H2,1-4H3;1H4;. The lowest BCUT2D eigenvalue weighted by atomic mass is 10.0. The van der Waals surface area contributed by atoms with Crippen molar-refractivity contribution in [3.8, 4) is 11.5 Å². The number of rotatable bonds is 2. The van der Waals surface area contributed by atoms with Gasteiger partial charge in [-0.3, -0.25) is 0 Å². The van der Waals surface area contributed by atoms with E-state index >= 15 is 0 Å². The molecule has 0 saturated carbocycles. The zero-order valence-corrected chi connectivity index (χ0v) is 29.2. The Morgan fingerprint density at radius 3 is 1.64 bits per heavy atom. The Kier molecular flexibility index (Phi) is 15.2. The molecule has 2 aliphatic heterocycles. The van der Waals surface area contributed by atoms with E-state index in [9.17, 15) is 9.59 Å². The van der Waals surface area contributed by atoms with E-state index in [0.717, 1.165) is 47.9 Å². The highest BCUT2D eigenvalue weighted by Gasteiger charge is 2.28. The van der Waals surface area contributed by atoms with E-state index in [1.165, 1.54) is 0 Å². The van der Waals surface area contributed by atoms with Crippen LogP contribution in [0.4, 0.5) is 9.59 Å². The molecule has 2 amide bonds. The van der Waals surface area contributed by atoms with E-state index in [1.54, 1.807) is 24.0 Å². The number of hydrogen-bond acceptors (Lipinski definition) is 6. The van der Waals surface area contributed by atoms with E-state index in [1.807, 2.05) is 59.7 Å². The van der Waals surface area contributed by atoms with Crippen LogP contribution in [0.15, 0.2) is 18.2 Å². The van der Waals surface area contributed by atoms with Crippen LogP contribution in [0.3, 0.4) is 0 Å². The van der Waals surface area contributed by atoms with Crippen LogP contribution < -0.4 is 9.47 Å². The van der Waals surface area contributed by atoms with Gasteiger partial charge in [-0.15, -0.1) is 0 Å². The molecule has 12 heteroatoms. The Hall–Kier alpha value is -2.49. The SMILES string of the molecule is C.COc1c(Cl)cc2c(c1Cl)CCCN(C(=O)OC(C)(C)C)C2.COc1ccc2c(c1Cl)CCCN(C(=O)OC(C)(C)C)C2.[B]. The maximum Gasteiger partial charge on any atom is 0.410 e. The van der Waals surface area contributed by atoms with Crippen molar-refractivity contribution in [2.45, 2.75) is 98.9 Å². The summed E-state index contributed by atoms with van der Waals surface area (Å²) in [6, 6.07) is 5.65. The summed E-state index contributed by atoms with van der Waals surface area (Å²) in [5.74, 6) is 1.17. The number of benzene rings is 2. The molecule has 2 aliphatic rings. The summed E-state index contributed by atoms with van der Waals surface area (Å²) in [6.07, 6.45) is 2.70. The molecule has 8 nitrogen and oxygen atoms in total. The molecule has 3 radical (unpaired) electrons. The Balaban J connectivity index is 0.000000431. The second-order valence-corrected chi connectivity index (χ2v) is 13.7. The number of carbonyl (C=O) groups is 2. The van der Waals surface area contributed by atoms with Crippen LogP contribution in [0.1, 0.15) is 84.1 Å².